The molecule has 1 rings (SSSR count). The molecule has 2 nitrogen and oxygen atoms in total. The summed E-state index contributed by atoms with van der Waals surface area (Å²) < 4.78 is 18.3. The summed E-state index contributed by atoms with van der Waals surface area (Å²) >= 11 is 9.39. The molecule has 0 bridgehead atoms. The molecule has 1 aromatic carbocycles. The molecule has 0 spiro atoms. The molecule has 0 amide bonds. The van der Waals surface area contributed by atoms with Crippen molar-refractivity contribution in [3.63, 3.8) is 0 Å². The standard InChI is InChI=1S/C12H13BrClFO2/c1-2-17-12(16)6-5-11(14)9-4-3-8(15)7-10(9)13/h3-4,7,11H,2,5-6H2,1H3. The topological polar surface area (TPSA) is 26.3 Å². The summed E-state index contributed by atoms with van der Waals surface area (Å²) in [5, 5.41) is -0.339. The SMILES string of the molecule is CCOC(=O)CCC(Cl)c1ccc(F)cc1Br. The van der Waals surface area contributed by atoms with Crippen molar-refractivity contribution in [2.75, 3.05) is 6.61 Å². The molecular formula is C12H13BrClFO2. The van der Waals surface area contributed by atoms with E-state index in [0.717, 1.165) is 5.56 Å². The lowest BCUT2D eigenvalue weighted by atomic mass is 10.1. The van der Waals surface area contributed by atoms with E-state index in [1.165, 1.54) is 12.1 Å². The average molecular weight is 324 g/mol. The number of hydrogen-bond acceptors (Lipinski definition) is 2. The fraction of sp³-hybridized carbons (Fsp3) is 0.417. The smallest absolute Gasteiger partial charge is 0.305 e. The second kappa shape index (κ2) is 6.97. The van der Waals surface area contributed by atoms with Gasteiger partial charge in [0.25, 0.3) is 0 Å². The Hall–Kier alpha value is -0.610. The van der Waals surface area contributed by atoms with Gasteiger partial charge in [0.2, 0.25) is 0 Å². The molecule has 17 heavy (non-hydrogen) atoms. The molecule has 0 N–H and O–H groups in total. The molecule has 0 aromatic heterocycles. The van der Waals surface area contributed by atoms with Crippen LogP contribution in [0.1, 0.15) is 30.7 Å². The Bertz CT molecular complexity index is 398. The Kier molecular flexibility index (Phi) is 5.92. The number of carbonyl (C=O) groups excluding carboxylic acids is 1. The van der Waals surface area contributed by atoms with Crippen LogP contribution in [0, 0.1) is 5.82 Å². The maximum Gasteiger partial charge on any atom is 0.305 e. The molecule has 0 fully saturated rings. The number of ether oxygens (including phenoxy) is 1. The first-order valence-corrected chi connectivity index (χ1v) is 6.52. The third-order valence-corrected chi connectivity index (χ3v) is 3.35. The van der Waals surface area contributed by atoms with E-state index in [4.69, 9.17) is 16.3 Å². The molecule has 0 aliphatic heterocycles. The predicted octanol–water partition coefficient (Wildman–Crippen LogP) is 4.21. The van der Waals surface area contributed by atoms with Crippen molar-refractivity contribution in [2.24, 2.45) is 0 Å². The molecule has 94 valence electrons. The first-order chi connectivity index (χ1) is 8.04. The fourth-order valence-corrected chi connectivity index (χ4v) is 2.45. The van der Waals surface area contributed by atoms with Gasteiger partial charge < -0.3 is 4.74 Å². The number of esters is 1. The second-order valence-electron chi connectivity index (χ2n) is 3.48. The minimum absolute atomic E-state index is 0.256. The Labute approximate surface area is 113 Å². The van der Waals surface area contributed by atoms with Crippen molar-refractivity contribution in [3.8, 4) is 0 Å². The zero-order chi connectivity index (χ0) is 12.8. The van der Waals surface area contributed by atoms with E-state index in [1.807, 2.05) is 0 Å². The quantitative estimate of drug-likeness (QED) is 0.599. The van der Waals surface area contributed by atoms with E-state index in [-0.39, 0.29) is 23.6 Å². The second-order valence-corrected chi connectivity index (χ2v) is 4.86. The summed E-state index contributed by atoms with van der Waals surface area (Å²) in [5.74, 6) is -0.591. The molecule has 0 radical (unpaired) electrons. The maximum atomic E-state index is 12.9. The number of benzene rings is 1. The average Bonchev–Trinajstić information content (AvgIpc) is 2.26. The number of hydrogen-bond donors (Lipinski definition) is 0. The van der Waals surface area contributed by atoms with Crippen LogP contribution in [0.5, 0.6) is 0 Å². The summed E-state index contributed by atoms with van der Waals surface area (Å²) in [6.07, 6.45) is 0.719. The van der Waals surface area contributed by atoms with Gasteiger partial charge in [-0.25, -0.2) is 4.39 Å². The lowest BCUT2D eigenvalue weighted by Gasteiger charge is -2.11. The molecule has 5 heteroatoms. The van der Waals surface area contributed by atoms with E-state index >= 15 is 0 Å². The Balaban J connectivity index is 2.57. The van der Waals surface area contributed by atoms with Crippen molar-refractivity contribution in [3.05, 3.63) is 34.1 Å². The number of carbonyl (C=O) groups is 1. The normalized spacial score (nSPS) is 12.2. The zero-order valence-corrected chi connectivity index (χ0v) is 11.7. The lowest BCUT2D eigenvalue weighted by Crippen LogP contribution is -2.05. The van der Waals surface area contributed by atoms with E-state index in [2.05, 4.69) is 15.9 Å². The van der Waals surface area contributed by atoms with Crippen LogP contribution in [0.2, 0.25) is 0 Å². The molecule has 0 heterocycles. The highest BCUT2D eigenvalue weighted by Gasteiger charge is 2.14. The van der Waals surface area contributed by atoms with Crippen LogP contribution in [-0.2, 0) is 9.53 Å². The monoisotopic (exact) mass is 322 g/mol. The van der Waals surface area contributed by atoms with Crippen LogP contribution in [-0.4, -0.2) is 12.6 Å². The highest BCUT2D eigenvalue weighted by Crippen LogP contribution is 2.32. The van der Waals surface area contributed by atoms with Gasteiger partial charge in [-0.05, 0) is 31.0 Å². The summed E-state index contributed by atoms with van der Waals surface area (Å²) in [7, 11) is 0. The zero-order valence-electron chi connectivity index (χ0n) is 9.38. The minimum Gasteiger partial charge on any atom is -0.466 e. The van der Waals surface area contributed by atoms with Gasteiger partial charge in [-0.15, -0.1) is 11.6 Å². The van der Waals surface area contributed by atoms with Crippen LogP contribution in [0.25, 0.3) is 0 Å². The van der Waals surface area contributed by atoms with E-state index in [1.54, 1.807) is 13.0 Å². The number of halogens is 3. The molecular weight excluding hydrogens is 310 g/mol. The van der Waals surface area contributed by atoms with Crippen molar-refractivity contribution in [1.82, 2.24) is 0 Å². The van der Waals surface area contributed by atoms with E-state index < -0.39 is 0 Å². The summed E-state index contributed by atoms with van der Waals surface area (Å²) in [6.45, 7) is 2.12. The van der Waals surface area contributed by atoms with Crippen LogP contribution in [0.3, 0.4) is 0 Å². The van der Waals surface area contributed by atoms with Crippen molar-refractivity contribution in [2.45, 2.75) is 25.1 Å². The molecule has 1 atom stereocenters. The molecule has 0 saturated carbocycles. The highest BCUT2D eigenvalue weighted by molar-refractivity contribution is 9.10. The van der Waals surface area contributed by atoms with Gasteiger partial charge in [0.05, 0.1) is 12.0 Å². The molecule has 0 saturated heterocycles. The van der Waals surface area contributed by atoms with Gasteiger partial charge in [0, 0.05) is 10.9 Å². The van der Waals surface area contributed by atoms with Crippen molar-refractivity contribution >= 4 is 33.5 Å². The minimum atomic E-state index is -0.339. The van der Waals surface area contributed by atoms with E-state index in [9.17, 15) is 9.18 Å². The van der Waals surface area contributed by atoms with Crippen LogP contribution in [0.15, 0.2) is 22.7 Å². The van der Waals surface area contributed by atoms with Gasteiger partial charge in [-0.2, -0.15) is 0 Å². The lowest BCUT2D eigenvalue weighted by molar-refractivity contribution is -0.143. The summed E-state index contributed by atoms with van der Waals surface area (Å²) in [4.78, 5) is 11.2. The molecule has 0 aliphatic rings. The highest BCUT2D eigenvalue weighted by atomic mass is 79.9. The van der Waals surface area contributed by atoms with Gasteiger partial charge in [0.15, 0.2) is 0 Å². The summed E-state index contributed by atoms with van der Waals surface area (Å²) in [6, 6.07) is 4.32. The predicted molar refractivity (Wildman–Crippen MR) is 68.6 cm³/mol. The number of rotatable bonds is 5. The third kappa shape index (κ3) is 4.64. The van der Waals surface area contributed by atoms with Crippen LogP contribution < -0.4 is 0 Å². The molecule has 1 aromatic rings. The first kappa shape index (κ1) is 14.5. The summed E-state index contributed by atoms with van der Waals surface area (Å²) in [5.41, 5.74) is 0.775. The Morgan fingerprint density at radius 3 is 2.88 bits per heavy atom. The van der Waals surface area contributed by atoms with Gasteiger partial charge in [0.1, 0.15) is 5.82 Å². The largest absolute Gasteiger partial charge is 0.466 e. The fourth-order valence-electron chi connectivity index (χ4n) is 1.39. The van der Waals surface area contributed by atoms with E-state index in [0.29, 0.717) is 17.5 Å². The van der Waals surface area contributed by atoms with Crippen LogP contribution >= 0.6 is 27.5 Å². The van der Waals surface area contributed by atoms with Gasteiger partial charge in [-0.1, -0.05) is 22.0 Å². The number of alkyl halides is 1. The van der Waals surface area contributed by atoms with Crippen molar-refractivity contribution < 1.29 is 13.9 Å². The Morgan fingerprint density at radius 2 is 2.29 bits per heavy atom. The first-order valence-electron chi connectivity index (χ1n) is 5.29. The third-order valence-electron chi connectivity index (χ3n) is 2.21. The molecule has 0 aliphatic carbocycles. The molecule has 1 unspecified atom stereocenters. The Morgan fingerprint density at radius 1 is 1.59 bits per heavy atom. The maximum absolute atomic E-state index is 12.9. The van der Waals surface area contributed by atoms with Gasteiger partial charge in [-0.3, -0.25) is 4.79 Å². The van der Waals surface area contributed by atoms with Gasteiger partial charge >= 0.3 is 5.97 Å². The van der Waals surface area contributed by atoms with Crippen LogP contribution in [0.4, 0.5) is 4.39 Å². The van der Waals surface area contributed by atoms with Crippen molar-refractivity contribution in [1.29, 1.82) is 0 Å².